The molecule has 0 unspecified atom stereocenters. The molecule has 6 aromatic rings. The summed E-state index contributed by atoms with van der Waals surface area (Å²) in [6.45, 7) is 0. The fraction of sp³-hybridized carbons (Fsp3) is 0. The first-order valence-corrected chi connectivity index (χ1v) is 11.3. The topological polar surface area (TPSA) is 24.8 Å². The van der Waals surface area contributed by atoms with E-state index in [1.54, 1.807) is 0 Å². The molecule has 0 atom stereocenters. The number of aromatic amines is 1. The summed E-state index contributed by atoms with van der Waals surface area (Å²) < 4.78 is 6.61. The minimum Gasteiger partial charge on any atom is -0.351 e. The van der Waals surface area contributed by atoms with Crippen molar-refractivity contribution >= 4 is 59.2 Å². The lowest BCUT2D eigenvalue weighted by molar-refractivity contribution is -0.510. The molecule has 0 fully saturated rings. The van der Waals surface area contributed by atoms with E-state index in [-0.39, 0.29) is 0 Å². The highest BCUT2D eigenvalue weighted by molar-refractivity contribution is 9.10. The SMILES string of the molecule is Brc1ccc2[nH]c3c(cc[n+]4cn(-c5ccccc5)c(-c5ccccc5Br)c34)c2c1. The van der Waals surface area contributed by atoms with E-state index < -0.39 is 0 Å². The number of rotatable bonds is 2. The molecule has 5 heteroatoms. The number of aromatic nitrogens is 3. The summed E-state index contributed by atoms with van der Waals surface area (Å²) >= 11 is 7.40. The van der Waals surface area contributed by atoms with Gasteiger partial charge in [0.1, 0.15) is 5.69 Å². The smallest absolute Gasteiger partial charge is 0.254 e. The molecule has 3 aromatic carbocycles. The quantitative estimate of drug-likeness (QED) is 0.238. The van der Waals surface area contributed by atoms with Gasteiger partial charge in [-0.1, -0.05) is 62.2 Å². The van der Waals surface area contributed by atoms with Crippen molar-refractivity contribution in [3.63, 3.8) is 0 Å². The Labute approximate surface area is 189 Å². The normalized spacial score (nSPS) is 11.7. The van der Waals surface area contributed by atoms with E-state index in [0.717, 1.165) is 42.4 Å². The van der Waals surface area contributed by atoms with E-state index in [1.807, 2.05) is 6.07 Å². The third kappa shape index (κ3) is 2.66. The van der Waals surface area contributed by atoms with Gasteiger partial charge in [-0.15, -0.1) is 0 Å². The van der Waals surface area contributed by atoms with Gasteiger partial charge in [-0.2, -0.15) is 8.97 Å². The highest BCUT2D eigenvalue weighted by Crippen LogP contribution is 2.37. The molecule has 0 aliphatic rings. The second kappa shape index (κ2) is 6.83. The summed E-state index contributed by atoms with van der Waals surface area (Å²) in [5.41, 5.74) is 6.83. The molecule has 3 nitrogen and oxygen atoms in total. The summed E-state index contributed by atoms with van der Waals surface area (Å²) in [6.07, 6.45) is 4.30. The van der Waals surface area contributed by atoms with Gasteiger partial charge >= 0.3 is 0 Å². The number of hydrogen-bond donors (Lipinski definition) is 1. The molecule has 3 aromatic heterocycles. The number of H-pyrrole nitrogens is 1. The summed E-state index contributed by atoms with van der Waals surface area (Å²) in [5.74, 6) is 0. The summed E-state index contributed by atoms with van der Waals surface area (Å²) in [4.78, 5) is 3.67. The Morgan fingerprint density at radius 1 is 0.800 bits per heavy atom. The number of halogens is 2. The van der Waals surface area contributed by atoms with Crippen LogP contribution in [0.5, 0.6) is 0 Å². The predicted molar refractivity (Wildman–Crippen MR) is 129 cm³/mol. The minimum absolute atomic E-state index is 1.07. The van der Waals surface area contributed by atoms with Crippen LogP contribution < -0.4 is 4.40 Å². The van der Waals surface area contributed by atoms with E-state index in [2.05, 4.69) is 131 Å². The van der Waals surface area contributed by atoms with E-state index in [9.17, 15) is 0 Å². The fourth-order valence-corrected chi connectivity index (χ4v) is 5.07. The molecule has 30 heavy (non-hydrogen) atoms. The van der Waals surface area contributed by atoms with Crippen LogP contribution in [-0.2, 0) is 0 Å². The zero-order chi connectivity index (χ0) is 20.2. The van der Waals surface area contributed by atoms with Crippen LogP contribution in [-0.4, -0.2) is 9.55 Å². The molecule has 0 aliphatic carbocycles. The van der Waals surface area contributed by atoms with Gasteiger partial charge in [0, 0.05) is 30.8 Å². The first kappa shape index (κ1) is 17.9. The van der Waals surface area contributed by atoms with Gasteiger partial charge in [-0.3, -0.25) is 0 Å². The molecule has 0 bridgehead atoms. The van der Waals surface area contributed by atoms with E-state index in [1.165, 1.54) is 10.8 Å². The highest BCUT2D eigenvalue weighted by atomic mass is 79.9. The van der Waals surface area contributed by atoms with Gasteiger partial charge in [0.2, 0.25) is 5.52 Å². The average Bonchev–Trinajstić information content (AvgIpc) is 3.33. The first-order chi connectivity index (χ1) is 14.7. The van der Waals surface area contributed by atoms with Crippen molar-refractivity contribution in [1.29, 1.82) is 0 Å². The molecule has 144 valence electrons. The maximum absolute atomic E-state index is 3.78. The maximum Gasteiger partial charge on any atom is 0.254 e. The number of pyridine rings is 1. The van der Waals surface area contributed by atoms with Crippen LogP contribution in [0.1, 0.15) is 0 Å². The van der Waals surface area contributed by atoms with Crippen LogP contribution in [0, 0.1) is 0 Å². The zero-order valence-corrected chi connectivity index (χ0v) is 19.0. The number of hydrogen-bond acceptors (Lipinski definition) is 0. The lowest BCUT2D eigenvalue weighted by Crippen LogP contribution is -2.17. The predicted octanol–water partition coefficient (Wildman–Crippen LogP) is 7.04. The molecular formula is C25H16Br2N3+. The van der Waals surface area contributed by atoms with Crippen LogP contribution in [0.3, 0.4) is 0 Å². The van der Waals surface area contributed by atoms with E-state index in [4.69, 9.17) is 0 Å². The Morgan fingerprint density at radius 2 is 1.60 bits per heavy atom. The minimum atomic E-state index is 1.07. The molecule has 1 N–H and O–H groups in total. The third-order valence-electron chi connectivity index (χ3n) is 5.57. The third-order valence-corrected chi connectivity index (χ3v) is 6.75. The molecule has 0 aliphatic heterocycles. The van der Waals surface area contributed by atoms with Crippen LogP contribution >= 0.6 is 31.9 Å². The Morgan fingerprint density at radius 3 is 2.43 bits per heavy atom. The Hall–Kier alpha value is -2.89. The van der Waals surface area contributed by atoms with Crippen LogP contribution in [0.4, 0.5) is 0 Å². The lowest BCUT2D eigenvalue weighted by atomic mass is 10.1. The highest BCUT2D eigenvalue weighted by Gasteiger charge is 2.26. The maximum atomic E-state index is 3.78. The van der Waals surface area contributed by atoms with E-state index in [0.29, 0.717) is 0 Å². The summed E-state index contributed by atoms with van der Waals surface area (Å²) in [7, 11) is 0. The zero-order valence-electron chi connectivity index (χ0n) is 15.8. The number of imidazole rings is 1. The van der Waals surface area contributed by atoms with Crippen molar-refractivity contribution in [2.75, 3.05) is 0 Å². The Kier molecular flexibility index (Phi) is 4.08. The van der Waals surface area contributed by atoms with Crippen molar-refractivity contribution < 1.29 is 4.40 Å². The number of fused-ring (bicyclic) bond motifs is 5. The van der Waals surface area contributed by atoms with Crippen molar-refractivity contribution in [2.45, 2.75) is 0 Å². The number of para-hydroxylation sites is 1. The van der Waals surface area contributed by atoms with Gasteiger partial charge in [-0.25, -0.2) is 0 Å². The van der Waals surface area contributed by atoms with Crippen molar-refractivity contribution in [1.82, 2.24) is 9.55 Å². The summed E-state index contributed by atoms with van der Waals surface area (Å²) in [6, 6.07) is 27.4. The molecule has 0 spiro atoms. The van der Waals surface area contributed by atoms with Gasteiger partial charge in [0.25, 0.3) is 6.33 Å². The first-order valence-electron chi connectivity index (χ1n) is 9.67. The van der Waals surface area contributed by atoms with E-state index >= 15 is 0 Å². The van der Waals surface area contributed by atoms with Gasteiger partial charge < -0.3 is 4.98 Å². The number of nitrogens with one attached hydrogen (secondary N) is 1. The average molecular weight is 518 g/mol. The second-order valence-electron chi connectivity index (χ2n) is 7.32. The summed E-state index contributed by atoms with van der Waals surface area (Å²) in [5, 5.41) is 2.43. The fourth-order valence-electron chi connectivity index (χ4n) is 4.23. The van der Waals surface area contributed by atoms with Crippen molar-refractivity contribution in [2.24, 2.45) is 0 Å². The second-order valence-corrected chi connectivity index (χ2v) is 9.09. The molecule has 6 rings (SSSR count). The number of nitrogens with zero attached hydrogens (tertiary/aromatic N) is 2. The lowest BCUT2D eigenvalue weighted by Gasteiger charge is -2.04. The molecular weight excluding hydrogens is 502 g/mol. The largest absolute Gasteiger partial charge is 0.351 e. The molecule has 0 saturated carbocycles. The molecule has 0 amide bonds. The molecule has 3 heterocycles. The van der Waals surface area contributed by atoms with Gasteiger partial charge in [-0.05, 0) is 48.5 Å². The Balaban J connectivity index is 1.82. The standard InChI is InChI=1S/C25H16Br2N3/c26-16-10-11-22-20(14-16)18-12-13-29-15-30(17-6-2-1-3-7-17)24(25(29)23(18)28-22)19-8-4-5-9-21(19)27/h1-15,28H/q+1. The van der Waals surface area contributed by atoms with Crippen molar-refractivity contribution in [3.05, 3.63) is 100 Å². The van der Waals surface area contributed by atoms with Gasteiger partial charge in [0.05, 0.1) is 11.7 Å². The monoisotopic (exact) mass is 516 g/mol. The van der Waals surface area contributed by atoms with Crippen molar-refractivity contribution in [3.8, 4) is 16.9 Å². The Bertz CT molecular complexity index is 1560. The van der Waals surface area contributed by atoms with Crippen LogP contribution in [0.2, 0.25) is 0 Å². The molecule has 0 radical (unpaired) electrons. The van der Waals surface area contributed by atoms with Gasteiger partial charge in [0.15, 0.2) is 5.69 Å². The number of benzene rings is 3. The van der Waals surface area contributed by atoms with Crippen LogP contribution in [0.15, 0.2) is 100 Å². The van der Waals surface area contributed by atoms with Crippen LogP contribution in [0.25, 0.3) is 44.3 Å². The molecule has 0 saturated heterocycles.